The summed E-state index contributed by atoms with van der Waals surface area (Å²) >= 11 is 1.44. The van der Waals surface area contributed by atoms with Crippen molar-refractivity contribution in [1.82, 2.24) is 19.6 Å². The number of aromatic nitrogens is 4. The lowest BCUT2D eigenvalue weighted by Crippen LogP contribution is -2.14. The maximum Gasteiger partial charge on any atom is 0.258 e. The van der Waals surface area contributed by atoms with Crippen molar-refractivity contribution in [2.75, 3.05) is 11.6 Å². The van der Waals surface area contributed by atoms with Crippen molar-refractivity contribution in [2.24, 2.45) is 0 Å². The van der Waals surface area contributed by atoms with Crippen LogP contribution in [0.2, 0.25) is 0 Å². The molecule has 3 aromatic rings. The standard InChI is InChI=1S/C14H13N5OS/c1-9-17-18-12-11(6-4-8-19(9)12)16-13(20)10-5-3-7-15-14(10)21-2/h3-8H,1-2H3,(H,16,20). The molecule has 0 spiro atoms. The van der Waals surface area contributed by atoms with E-state index >= 15 is 0 Å². The molecule has 0 radical (unpaired) electrons. The average molecular weight is 299 g/mol. The zero-order valence-corrected chi connectivity index (χ0v) is 12.4. The summed E-state index contributed by atoms with van der Waals surface area (Å²) in [6.45, 7) is 1.86. The monoisotopic (exact) mass is 299 g/mol. The van der Waals surface area contributed by atoms with Gasteiger partial charge in [0.15, 0.2) is 5.65 Å². The van der Waals surface area contributed by atoms with Crippen molar-refractivity contribution in [3.8, 4) is 0 Å². The van der Waals surface area contributed by atoms with E-state index in [0.717, 1.165) is 5.82 Å². The summed E-state index contributed by atoms with van der Waals surface area (Å²) in [5.41, 5.74) is 1.79. The van der Waals surface area contributed by atoms with Gasteiger partial charge in [-0.25, -0.2) is 4.98 Å². The Labute approximate surface area is 125 Å². The van der Waals surface area contributed by atoms with E-state index in [0.29, 0.717) is 21.9 Å². The molecule has 0 unspecified atom stereocenters. The van der Waals surface area contributed by atoms with Crippen molar-refractivity contribution < 1.29 is 4.79 Å². The first-order chi connectivity index (χ1) is 10.2. The fraction of sp³-hybridized carbons (Fsp3) is 0.143. The minimum absolute atomic E-state index is 0.207. The molecule has 3 heterocycles. The van der Waals surface area contributed by atoms with Gasteiger partial charge in [0.1, 0.15) is 10.9 Å². The molecule has 3 rings (SSSR count). The van der Waals surface area contributed by atoms with Gasteiger partial charge < -0.3 is 5.32 Å². The van der Waals surface area contributed by atoms with Crippen molar-refractivity contribution >= 4 is 29.0 Å². The molecule has 0 fully saturated rings. The van der Waals surface area contributed by atoms with E-state index in [2.05, 4.69) is 20.5 Å². The van der Waals surface area contributed by atoms with Crippen LogP contribution in [0, 0.1) is 6.92 Å². The number of fused-ring (bicyclic) bond motifs is 1. The van der Waals surface area contributed by atoms with Crippen LogP contribution in [0.3, 0.4) is 0 Å². The molecule has 0 atom stereocenters. The third-order valence-electron chi connectivity index (χ3n) is 3.06. The quantitative estimate of drug-likeness (QED) is 0.752. The third kappa shape index (κ3) is 2.47. The van der Waals surface area contributed by atoms with Crippen molar-refractivity contribution in [2.45, 2.75) is 11.9 Å². The van der Waals surface area contributed by atoms with E-state index in [9.17, 15) is 4.79 Å². The smallest absolute Gasteiger partial charge is 0.258 e. The highest BCUT2D eigenvalue weighted by Crippen LogP contribution is 2.20. The van der Waals surface area contributed by atoms with E-state index in [4.69, 9.17) is 0 Å². The number of nitrogens with zero attached hydrogens (tertiary/aromatic N) is 4. The Bertz CT molecular complexity index is 814. The topological polar surface area (TPSA) is 72.2 Å². The van der Waals surface area contributed by atoms with Crippen LogP contribution in [0.1, 0.15) is 16.2 Å². The molecule has 7 heteroatoms. The van der Waals surface area contributed by atoms with E-state index in [1.165, 1.54) is 11.8 Å². The summed E-state index contributed by atoms with van der Waals surface area (Å²) in [6, 6.07) is 7.15. The number of nitrogens with one attached hydrogen (secondary N) is 1. The predicted octanol–water partition coefficient (Wildman–Crippen LogP) is 2.41. The molecule has 106 valence electrons. The second-order valence-electron chi connectivity index (χ2n) is 4.38. The summed E-state index contributed by atoms with van der Waals surface area (Å²) in [5.74, 6) is 0.563. The number of hydrogen-bond acceptors (Lipinski definition) is 5. The number of pyridine rings is 2. The van der Waals surface area contributed by atoms with Crippen LogP contribution in [0.4, 0.5) is 5.69 Å². The van der Waals surface area contributed by atoms with Crippen molar-refractivity contribution in [1.29, 1.82) is 0 Å². The van der Waals surface area contributed by atoms with Crippen LogP contribution in [-0.4, -0.2) is 31.7 Å². The van der Waals surface area contributed by atoms with Crippen LogP contribution >= 0.6 is 11.8 Å². The molecule has 3 aromatic heterocycles. The Kier molecular flexibility index (Phi) is 3.57. The summed E-state index contributed by atoms with van der Waals surface area (Å²) in [6.07, 6.45) is 5.42. The lowest BCUT2D eigenvalue weighted by atomic mass is 10.2. The number of anilines is 1. The fourth-order valence-corrected chi connectivity index (χ4v) is 2.59. The van der Waals surface area contributed by atoms with Gasteiger partial charge in [0.25, 0.3) is 5.91 Å². The number of carbonyl (C=O) groups excluding carboxylic acids is 1. The first kappa shape index (κ1) is 13.6. The highest BCUT2D eigenvalue weighted by atomic mass is 32.2. The van der Waals surface area contributed by atoms with Crippen molar-refractivity contribution in [3.63, 3.8) is 0 Å². The second kappa shape index (κ2) is 5.53. The van der Waals surface area contributed by atoms with Gasteiger partial charge >= 0.3 is 0 Å². The van der Waals surface area contributed by atoms with Crippen LogP contribution < -0.4 is 5.32 Å². The molecule has 1 N–H and O–H groups in total. The Morgan fingerprint density at radius 3 is 2.95 bits per heavy atom. The van der Waals surface area contributed by atoms with Gasteiger partial charge in [-0.3, -0.25) is 9.20 Å². The SMILES string of the molecule is CSc1ncccc1C(=O)Nc1cccn2c(C)nnc12. The van der Waals surface area contributed by atoms with Crippen LogP contribution in [-0.2, 0) is 0 Å². The zero-order chi connectivity index (χ0) is 14.8. The van der Waals surface area contributed by atoms with Gasteiger partial charge in [-0.05, 0) is 37.4 Å². The number of rotatable bonds is 3. The molecule has 0 saturated carbocycles. The molecular weight excluding hydrogens is 286 g/mol. The van der Waals surface area contributed by atoms with E-state index in [-0.39, 0.29) is 5.91 Å². The summed E-state index contributed by atoms with van der Waals surface area (Å²) in [7, 11) is 0. The lowest BCUT2D eigenvalue weighted by Gasteiger charge is -2.08. The Morgan fingerprint density at radius 2 is 2.14 bits per heavy atom. The summed E-state index contributed by atoms with van der Waals surface area (Å²) < 4.78 is 1.83. The minimum Gasteiger partial charge on any atom is -0.319 e. The number of hydrogen-bond donors (Lipinski definition) is 1. The predicted molar refractivity (Wildman–Crippen MR) is 81.7 cm³/mol. The Morgan fingerprint density at radius 1 is 1.29 bits per heavy atom. The molecular formula is C14H13N5OS. The third-order valence-corrected chi connectivity index (χ3v) is 3.77. The van der Waals surface area contributed by atoms with Gasteiger partial charge in [0.2, 0.25) is 0 Å². The normalized spacial score (nSPS) is 10.8. The molecule has 0 aromatic carbocycles. The number of amides is 1. The van der Waals surface area contributed by atoms with Gasteiger partial charge in [-0.2, -0.15) is 0 Å². The van der Waals surface area contributed by atoms with E-state index in [1.54, 1.807) is 24.4 Å². The van der Waals surface area contributed by atoms with Gasteiger partial charge in [-0.15, -0.1) is 22.0 Å². The molecule has 6 nitrogen and oxygen atoms in total. The van der Waals surface area contributed by atoms with Gasteiger partial charge in [0, 0.05) is 12.4 Å². The number of aryl methyl sites for hydroxylation is 1. The number of thioether (sulfide) groups is 1. The lowest BCUT2D eigenvalue weighted by molar-refractivity contribution is 0.102. The maximum atomic E-state index is 12.4. The first-order valence-corrected chi connectivity index (χ1v) is 7.54. The molecule has 0 bridgehead atoms. The number of carbonyl (C=O) groups is 1. The summed E-state index contributed by atoms with van der Waals surface area (Å²) in [5, 5.41) is 11.7. The summed E-state index contributed by atoms with van der Waals surface area (Å²) in [4.78, 5) is 16.6. The largest absolute Gasteiger partial charge is 0.319 e. The van der Waals surface area contributed by atoms with Crippen LogP contribution in [0.5, 0.6) is 0 Å². The second-order valence-corrected chi connectivity index (χ2v) is 5.17. The van der Waals surface area contributed by atoms with Crippen LogP contribution in [0.15, 0.2) is 41.7 Å². The molecule has 0 aliphatic rings. The molecule has 0 aliphatic heterocycles. The highest BCUT2D eigenvalue weighted by molar-refractivity contribution is 7.98. The van der Waals surface area contributed by atoms with E-state index < -0.39 is 0 Å². The van der Waals surface area contributed by atoms with Gasteiger partial charge in [-0.1, -0.05) is 0 Å². The molecule has 1 amide bonds. The first-order valence-electron chi connectivity index (χ1n) is 6.31. The Balaban J connectivity index is 1.97. The van der Waals surface area contributed by atoms with E-state index in [1.807, 2.05) is 29.8 Å². The fourth-order valence-electron chi connectivity index (χ4n) is 2.04. The zero-order valence-electron chi connectivity index (χ0n) is 11.6. The highest BCUT2D eigenvalue weighted by Gasteiger charge is 2.14. The average Bonchev–Trinajstić information content (AvgIpc) is 2.90. The molecule has 0 saturated heterocycles. The molecule has 0 aliphatic carbocycles. The minimum atomic E-state index is -0.207. The molecule has 21 heavy (non-hydrogen) atoms. The van der Waals surface area contributed by atoms with Crippen molar-refractivity contribution in [3.05, 3.63) is 48.0 Å². The van der Waals surface area contributed by atoms with Crippen LogP contribution in [0.25, 0.3) is 5.65 Å². The van der Waals surface area contributed by atoms with Gasteiger partial charge in [0.05, 0.1) is 11.3 Å². The maximum absolute atomic E-state index is 12.4. The Hall–Kier alpha value is -2.41.